The molecular weight excluding hydrogens is 292 g/mol. The Labute approximate surface area is 129 Å². The molecule has 1 fully saturated rings. The summed E-state index contributed by atoms with van der Waals surface area (Å²) in [5.74, 6) is 0.0900. The van der Waals surface area contributed by atoms with Crippen LogP contribution < -0.4 is 10.1 Å². The number of nitrogens with zero attached hydrogens (tertiary/aromatic N) is 1. The van der Waals surface area contributed by atoms with Gasteiger partial charge >= 0.3 is 0 Å². The van der Waals surface area contributed by atoms with Crippen LogP contribution in [-0.2, 0) is 9.59 Å². The number of amides is 2. The number of ether oxygens (including phenoxy) is 1. The molecule has 0 bridgehead atoms. The second kappa shape index (κ2) is 7.31. The van der Waals surface area contributed by atoms with E-state index in [9.17, 15) is 9.59 Å². The zero-order valence-electron chi connectivity index (χ0n) is 12.0. The van der Waals surface area contributed by atoms with E-state index < -0.39 is 0 Å². The first-order valence-electron chi connectivity index (χ1n) is 6.99. The molecule has 0 spiro atoms. The van der Waals surface area contributed by atoms with Gasteiger partial charge in [-0.1, -0.05) is 17.7 Å². The van der Waals surface area contributed by atoms with Crippen molar-refractivity contribution in [3.8, 4) is 5.75 Å². The van der Waals surface area contributed by atoms with Crippen molar-refractivity contribution in [2.45, 2.75) is 19.8 Å². The molecule has 0 aromatic heterocycles. The van der Waals surface area contributed by atoms with Crippen LogP contribution >= 0.6 is 11.6 Å². The van der Waals surface area contributed by atoms with Crippen LogP contribution in [0.1, 0.15) is 18.4 Å². The van der Waals surface area contributed by atoms with Crippen molar-refractivity contribution in [1.29, 1.82) is 0 Å². The Hall–Kier alpha value is -1.75. The van der Waals surface area contributed by atoms with Crippen molar-refractivity contribution in [2.24, 2.45) is 0 Å². The summed E-state index contributed by atoms with van der Waals surface area (Å²) >= 11 is 5.98. The Morgan fingerprint density at radius 2 is 2.05 bits per heavy atom. The highest BCUT2D eigenvalue weighted by molar-refractivity contribution is 6.32. The molecule has 0 saturated carbocycles. The fraction of sp³-hybridized carbons (Fsp3) is 0.467. The van der Waals surface area contributed by atoms with Gasteiger partial charge < -0.3 is 15.0 Å². The van der Waals surface area contributed by atoms with Crippen LogP contribution in [0.2, 0.25) is 5.02 Å². The third-order valence-corrected chi connectivity index (χ3v) is 3.65. The number of hydrogen-bond acceptors (Lipinski definition) is 3. The van der Waals surface area contributed by atoms with Crippen LogP contribution in [0, 0.1) is 6.92 Å². The minimum Gasteiger partial charge on any atom is -0.482 e. The zero-order chi connectivity index (χ0) is 15.2. The van der Waals surface area contributed by atoms with Gasteiger partial charge in [-0.15, -0.1) is 0 Å². The van der Waals surface area contributed by atoms with Gasteiger partial charge in [0.1, 0.15) is 5.75 Å². The number of nitrogens with one attached hydrogen (secondary N) is 1. The van der Waals surface area contributed by atoms with Crippen molar-refractivity contribution in [3.05, 3.63) is 28.8 Å². The van der Waals surface area contributed by atoms with E-state index in [0.717, 1.165) is 31.5 Å². The molecule has 1 aromatic carbocycles. The summed E-state index contributed by atoms with van der Waals surface area (Å²) in [6.45, 7) is 3.34. The molecule has 0 aliphatic carbocycles. The van der Waals surface area contributed by atoms with E-state index in [1.54, 1.807) is 17.0 Å². The highest BCUT2D eigenvalue weighted by Crippen LogP contribution is 2.24. The van der Waals surface area contributed by atoms with Crippen LogP contribution in [-0.4, -0.2) is 43.0 Å². The number of halogens is 1. The molecule has 0 unspecified atom stereocenters. The van der Waals surface area contributed by atoms with Gasteiger partial charge in [-0.25, -0.2) is 0 Å². The molecule has 1 N–H and O–H groups in total. The molecule has 5 nitrogen and oxygen atoms in total. The molecular formula is C15H19ClN2O3. The average molecular weight is 311 g/mol. The Morgan fingerprint density at radius 1 is 1.33 bits per heavy atom. The van der Waals surface area contributed by atoms with Gasteiger partial charge in [0.2, 0.25) is 5.91 Å². The van der Waals surface area contributed by atoms with Crippen LogP contribution in [0.15, 0.2) is 18.2 Å². The zero-order valence-corrected chi connectivity index (χ0v) is 12.8. The van der Waals surface area contributed by atoms with E-state index in [1.807, 2.05) is 13.0 Å². The SMILES string of the molecule is Cc1ccc(Cl)c(OCC(=O)NCC(=O)N2CCCC2)c1. The molecule has 2 rings (SSSR count). The third-order valence-electron chi connectivity index (χ3n) is 3.34. The summed E-state index contributed by atoms with van der Waals surface area (Å²) in [5.41, 5.74) is 0.999. The van der Waals surface area contributed by atoms with Crippen molar-refractivity contribution in [1.82, 2.24) is 10.2 Å². The van der Waals surface area contributed by atoms with Crippen LogP contribution in [0.25, 0.3) is 0 Å². The summed E-state index contributed by atoms with van der Waals surface area (Å²) < 4.78 is 5.37. The predicted octanol–water partition coefficient (Wildman–Crippen LogP) is 1.77. The highest BCUT2D eigenvalue weighted by Gasteiger charge is 2.18. The first-order valence-corrected chi connectivity index (χ1v) is 7.37. The monoisotopic (exact) mass is 310 g/mol. The number of rotatable bonds is 5. The average Bonchev–Trinajstić information content (AvgIpc) is 3.00. The summed E-state index contributed by atoms with van der Waals surface area (Å²) in [6.07, 6.45) is 2.07. The molecule has 1 saturated heterocycles. The molecule has 114 valence electrons. The molecule has 1 aliphatic heterocycles. The van der Waals surface area contributed by atoms with Gasteiger partial charge in [0.25, 0.3) is 5.91 Å². The first kappa shape index (κ1) is 15.6. The quantitative estimate of drug-likeness (QED) is 0.901. The van der Waals surface area contributed by atoms with Gasteiger partial charge in [-0.3, -0.25) is 9.59 Å². The fourth-order valence-electron chi connectivity index (χ4n) is 2.17. The van der Waals surface area contributed by atoms with Crippen LogP contribution in [0.3, 0.4) is 0 Å². The summed E-state index contributed by atoms with van der Waals surface area (Å²) in [5, 5.41) is 3.03. The Bertz CT molecular complexity index is 528. The van der Waals surface area contributed by atoms with Crippen LogP contribution in [0.5, 0.6) is 5.75 Å². The van der Waals surface area contributed by atoms with Gasteiger partial charge in [-0.05, 0) is 37.5 Å². The number of benzene rings is 1. The maximum atomic E-state index is 11.8. The summed E-state index contributed by atoms with van der Waals surface area (Å²) in [7, 11) is 0. The van der Waals surface area contributed by atoms with E-state index in [0.29, 0.717) is 10.8 Å². The molecule has 1 aliphatic rings. The number of carbonyl (C=O) groups excluding carboxylic acids is 2. The smallest absolute Gasteiger partial charge is 0.258 e. The lowest BCUT2D eigenvalue weighted by Crippen LogP contribution is -2.40. The van der Waals surface area contributed by atoms with E-state index in [4.69, 9.17) is 16.3 Å². The lowest BCUT2D eigenvalue weighted by atomic mass is 10.2. The molecule has 21 heavy (non-hydrogen) atoms. The van der Waals surface area contributed by atoms with E-state index >= 15 is 0 Å². The molecule has 6 heteroatoms. The van der Waals surface area contributed by atoms with Gasteiger partial charge in [0, 0.05) is 13.1 Å². The summed E-state index contributed by atoms with van der Waals surface area (Å²) in [4.78, 5) is 25.2. The normalized spacial score (nSPS) is 14.1. The van der Waals surface area contributed by atoms with Crippen molar-refractivity contribution >= 4 is 23.4 Å². The van der Waals surface area contributed by atoms with Gasteiger partial charge in [0.15, 0.2) is 6.61 Å². The maximum absolute atomic E-state index is 11.8. The van der Waals surface area contributed by atoms with Crippen molar-refractivity contribution in [2.75, 3.05) is 26.2 Å². The number of likely N-dealkylation sites (tertiary alicyclic amines) is 1. The van der Waals surface area contributed by atoms with E-state index in [-0.39, 0.29) is 25.0 Å². The van der Waals surface area contributed by atoms with Gasteiger partial charge in [0.05, 0.1) is 11.6 Å². The number of hydrogen-bond donors (Lipinski definition) is 1. The highest BCUT2D eigenvalue weighted by atomic mass is 35.5. The van der Waals surface area contributed by atoms with Crippen LogP contribution in [0.4, 0.5) is 0 Å². The first-order chi connectivity index (χ1) is 10.1. The minimum absolute atomic E-state index is 0.0176. The van der Waals surface area contributed by atoms with Crippen molar-refractivity contribution in [3.63, 3.8) is 0 Å². The number of aryl methyl sites for hydroxylation is 1. The van der Waals surface area contributed by atoms with Crippen molar-refractivity contribution < 1.29 is 14.3 Å². The van der Waals surface area contributed by atoms with Gasteiger partial charge in [-0.2, -0.15) is 0 Å². The molecule has 0 radical (unpaired) electrons. The topological polar surface area (TPSA) is 58.6 Å². The molecule has 1 heterocycles. The Morgan fingerprint density at radius 3 is 2.76 bits per heavy atom. The summed E-state index contributed by atoms with van der Waals surface area (Å²) in [6, 6.07) is 5.36. The Balaban J connectivity index is 1.74. The predicted molar refractivity (Wildman–Crippen MR) is 80.5 cm³/mol. The lowest BCUT2D eigenvalue weighted by Gasteiger charge is -2.15. The third kappa shape index (κ3) is 4.63. The van der Waals surface area contributed by atoms with E-state index in [2.05, 4.69) is 5.32 Å². The minimum atomic E-state index is -0.333. The second-order valence-electron chi connectivity index (χ2n) is 5.09. The van der Waals surface area contributed by atoms with E-state index in [1.165, 1.54) is 0 Å². The number of carbonyl (C=O) groups is 2. The maximum Gasteiger partial charge on any atom is 0.258 e. The lowest BCUT2D eigenvalue weighted by molar-refractivity contribution is -0.132. The standard InChI is InChI=1S/C15H19ClN2O3/c1-11-4-5-12(16)13(8-11)21-10-14(19)17-9-15(20)18-6-2-3-7-18/h4-5,8H,2-3,6-7,9-10H2,1H3,(H,17,19). The second-order valence-corrected chi connectivity index (χ2v) is 5.49. The largest absolute Gasteiger partial charge is 0.482 e. The molecule has 0 atom stereocenters. The fourth-order valence-corrected chi connectivity index (χ4v) is 2.34. The molecule has 1 aromatic rings. The molecule has 2 amide bonds. The Kier molecular flexibility index (Phi) is 5.44.